The molecule has 0 heterocycles. The molecule has 0 aliphatic heterocycles. The second kappa shape index (κ2) is 10.1. The lowest BCUT2D eigenvalue weighted by Crippen LogP contribution is -2.41. The Morgan fingerprint density at radius 1 is 1.14 bits per heavy atom. The van der Waals surface area contributed by atoms with Gasteiger partial charge in [-0.3, -0.25) is 0 Å². The number of amides is 2. The second-order valence-corrected chi connectivity index (χ2v) is 5.17. The molecule has 0 saturated heterocycles. The smallest absolute Gasteiger partial charge is 0.317 e. The number of rotatable bonds is 9. The van der Waals surface area contributed by atoms with E-state index < -0.39 is 0 Å². The fourth-order valence-electron chi connectivity index (χ4n) is 2.15. The molecule has 2 amide bonds. The van der Waals surface area contributed by atoms with Crippen molar-refractivity contribution in [1.29, 1.82) is 0 Å². The van der Waals surface area contributed by atoms with Gasteiger partial charge in [-0.25, -0.2) is 4.79 Å². The van der Waals surface area contributed by atoms with Crippen LogP contribution in [-0.2, 0) is 6.42 Å². The average Bonchev–Trinajstić information content (AvgIpc) is 2.52. The highest BCUT2D eigenvalue weighted by atomic mass is 16.5. The summed E-state index contributed by atoms with van der Waals surface area (Å²) in [5.74, 6) is 0.858. The molecule has 4 heteroatoms. The fourth-order valence-corrected chi connectivity index (χ4v) is 2.15. The van der Waals surface area contributed by atoms with Gasteiger partial charge >= 0.3 is 6.03 Å². The lowest BCUT2D eigenvalue weighted by molar-refractivity contribution is 0.197. The molecule has 0 aromatic heterocycles. The molecule has 21 heavy (non-hydrogen) atoms. The first-order valence-electron chi connectivity index (χ1n) is 7.87. The molecule has 0 atom stereocenters. The van der Waals surface area contributed by atoms with Gasteiger partial charge < -0.3 is 15.0 Å². The number of carbonyl (C=O) groups excluding carboxylic acids is 1. The molecule has 0 spiro atoms. The van der Waals surface area contributed by atoms with E-state index in [1.54, 1.807) is 7.11 Å². The van der Waals surface area contributed by atoms with Crippen LogP contribution < -0.4 is 10.1 Å². The Kier molecular flexibility index (Phi) is 8.32. The van der Waals surface area contributed by atoms with Crippen molar-refractivity contribution in [2.24, 2.45) is 0 Å². The van der Waals surface area contributed by atoms with Gasteiger partial charge in [-0.2, -0.15) is 0 Å². The van der Waals surface area contributed by atoms with Crippen LogP contribution in [0.5, 0.6) is 5.75 Å². The summed E-state index contributed by atoms with van der Waals surface area (Å²) in [6, 6.07) is 8.01. The first-order valence-corrected chi connectivity index (χ1v) is 7.87. The highest BCUT2D eigenvalue weighted by Gasteiger charge is 2.10. The van der Waals surface area contributed by atoms with E-state index in [1.807, 2.05) is 29.2 Å². The summed E-state index contributed by atoms with van der Waals surface area (Å²) in [6.07, 6.45) is 4.00. The first kappa shape index (κ1) is 17.3. The number of unbranched alkanes of at least 4 members (excludes halogenated alkanes) is 1. The Morgan fingerprint density at radius 2 is 1.86 bits per heavy atom. The molecule has 0 aliphatic rings. The maximum atomic E-state index is 12.1. The quantitative estimate of drug-likeness (QED) is 0.757. The highest BCUT2D eigenvalue weighted by Crippen LogP contribution is 2.11. The third-order valence-corrected chi connectivity index (χ3v) is 3.41. The monoisotopic (exact) mass is 292 g/mol. The summed E-state index contributed by atoms with van der Waals surface area (Å²) >= 11 is 0. The molecule has 0 aliphatic carbocycles. The zero-order chi connectivity index (χ0) is 15.5. The largest absolute Gasteiger partial charge is 0.497 e. The summed E-state index contributed by atoms with van der Waals surface area (Å²) in [5, 5.41) is 3.01. The van der Waals surface area contributed by atoms with Crippen molar-refractivity contribution in [3.8, 4) is 5.75 Å². The van der Waals surface area contributed by atoms with Gasteiger partial charge in [-0.15, -0.1) is 0 Å². The molecular weight excluding hydrogens is 264 g/mol. The van der Waals surface area contributed by atoms with Crippen LogP contribution in [0.2, 0.25) is 0 Å². The topological polar surface area (TPSA) is 41.6 Å². The number of methoxy groups -OCH3 is 1. The van der Waals surface area contributed by atoms with Crippen molar-refractivity contribution in [2.75, 3.05) is 26.7 Å². The Hall–Kier alpha value is -1.71. The number of benzene rings is 1. The molecule has 4 nitrogen and oxygen atoms in total. The lowest BCUT2D eigenvalue weighted by atomic mass is 10.1. The predicted molar refractivity (Wildman–Crippen MR) is 86.9 cm³/mol. The zero-order valence-electron chi connectivity index (χ0n) is 13.5. The van der Waals surface area contributed by atoms with Gasteiger partial charge in [0.25, 0.3) is 0 Å². The third kappa shape index (κ3) is 6.52. The van der Waals surface area contributed by atoms with E-state index in [0.717, 1.165) is 44.5 Å². The first-order chi connectivity index (χ1) is 10.2. The minimum absolute atomic E-state index is 0.0545. The lowest BCUT2D eigenvalue weighted by Gasteiger charge is -2.22. The van der Waals surface area contributed by atoms with Crippen molar-refractivity contribution >= 4 is 6.03 Å². The van der Waals surface area contributed by atoms with Crippen molar-refractivity contribution in [3.05, 3.63) is 29.8 Å². The summed E-state index contributed by atoms with van der Waals surface area (Å²) in [4.78, 5) is 14.0. The highest BCUT2D eigenvalue weighted by molar-refractivity contribution is 5.74. The molecule has 0 fully saturated rings. The zero-order valence-corrected chi connectivity index (χ0v) is 13.5. The fraction of sp³-hybridized carbons (Fsp3) is 0.588. The van der Waals surface area contributed by atoms with Crippen molar-refractivity contribution in [3.63, 3.8) is 0 Å². The molecule has 0 radical (unpaired) electrons. The standard InChI is InChI=1S/C17H28N2O2/c1-4-6-14-19(13-5-2)17(20)18-12-11-15-7-9-16(21-3)10-8-15/h7-10H,4-6,11-14H2,1-3H3,(H,18,20). The summed E-state index contributed by atoms with van der Waals surface area (Å²) < 4.78 is 5.13. The maximum Gasteiger partial charge on any atom is 0.317 e. The van der Waals surface area contributed by atoms with E-state index in [2.05, 4.69) is 19.2 Å². The Balaban J connectivity index is 2.35. The Labute approximate surface area is 128 Å². The van der Waals surface area contributed by atoms with Gasteiger partial charge in [0.15, 0.2) is 0 Å². The Bertz CT molecular complexity index is 404. The molecule has 1 N–H and O–H groups in total. The number of nitrogens with zero attached hydrogens (tertiary/aromatic N) is 1. The van der Waals surface area contributed by atoms with Crippen LogP contribution in [0, 0.1) is 0 Å². The summed E-state index contributed by atoms with van der Waals surface area (Å²) in [5.41, 5.74) is 1.20. The van der Waals surface area contributed by atoms with E-state index in [9.17, 15) is 4.79 Å². The normalized spacial score (nSPS) is 10.2. The van der Waals surface area contributed by atoms with Crippen molar-refractivity contribution in [2.45, 2.75) is 39.5 Å². The number of carbonyl (C=O) groups is 1. The summed E-state index contributed by atoms with van der Waals surface area (Å²) in [7, 11) is 1.66. The third-order valence-electron chi connectivity index (χ3n) is 3.41. The number of urea groups is 1. The van der Waals surface area contributed by atoms with E-state index in [4.69, 9.17) is 4.74 Å². The molecule has 1 aromatic carbocycles. The van der Waals surface area contributed by atoms with Crippen LogP contribution >= 0.6 is 0 Å². The molecular formula is C17H28N2O2. The van der Waals surface area contributed by atoms with Crippen molar-refractivity contribution < 1.29 is 9.53 Å². The summed E-state index contributed by atoms with van der Waals surface area (Å²) in [6.45, 7) is 6.58. The number of ether oxygens (including phenoxy) is 1. The number of nitrogens with one attached hydrogen (secondary N) is 1. The number of hydrogen-bond donors (Lipinski definition) is 1. The molecule has 0 bridgehead atoms. The van der Waals surface area contributed by atoms with Gasteiger partial charge in [0.2, 0.25) is 0 Å². The Morgan fingerprint density at radius 3 is 2.43 bits per heavy atom. The van der Waals surface area contributed by atoms with E-state index >= 15 is 0 Å². The van der Waals surface area contributed by atoms with Crippen LogP contribution in [0.4, 0.5) is 4.79 Å². The maximum absolute atomic E-state index is 12.1. The van der Waals surface area contributed by atoms with Crippen LogP contribution in [0.3, 0.4) is 0 Å². The van der Waals surface area contributed by atoms with Crippen molar-refractivity contribution in [1.82, 2.24) is 10.2 Å². The van der Waals surface area contributed by atoms with E-state index in [1.165, 1.54) is 5.56 Å². The van der Waals surface area contributed by atoms with Gasteiger partial charge in [0, 0.05) is 19.6 Å². The molecule has 118 valence electrons. The SMILES string of the molecule is CCCCN(CCC)C(=O)NCCc1ccc(OC)cc1. The predicted octanol–water partition coefficient (Wildman–Crippen LogP) is 3.46. The van der Waals surface area contributed by atoms with Crippen LogP contribution in [0.1, 0.15) is 38.7 Å². The van der Waals surface area contributed by atoms with E-state index in [0.29, 0.717) is 6.54 Å². The van der Waals surface area contributed by atoms with E-state index in [-0.39, 0.29) is 6.03 Å². The van der Waals surface area contributed by atoms with Gasteiger partial charge in [-0.1, -0.05) is 32.4 Å². The average molecular weight is 292 g/mol. The van der Waals surface area contributed by atoms with Gasteiger partial charge in [0.1, 0.15) is 5.75 Å². The minimum atomic E-state index is 0.0545. The molecule has 0 unspecified atom stereocenters. The van der Waals surface area contributed by atoms with Crippen LogP contribution in [0.15, 0.2) is 24.3 Å². The molecule has 1 rings (SSSR count). The van der Waals surface area contributed by atoms with Gasteiger partial charge in [0.05, 0.1) is 7.11 Å². The minimum Gasteiger partial charge on any atom is -0.497 e. The second-order valence-electron chi connectivity index (χ2n) is 5.17. The number of hydrogen-bond acceptors (Lipinski definition) is 2. The molecule has 0 saturated carbocycles. The van der Waals surface area contributed by atoms with Crippen LogP contribution in [-0.4, -0.2) is 37.7 Å². The van der Waals surface area contributed by atoms with Gasteiger partial charge in [-0.05, 0) is 37.0 Å². The van der Waals surface area contributed by atoms with Crippen LogP contribution in [0.25, 0.3) is 0 Å². The molecule has 1 aromatic rings.